The molecule has 0 amide bonds. The fraction of sp³-hybridized carbons (Fsp3) is 0.471. The predicted molar refractivity (Wildman–Crippen MR) is 95.1 cm³/mol. The highest BCUT2D eigenvalue weighted by molar-refractivity contribution is 8.13. The van der Waals surface area contributed by atoms with Crippen molar-refractivity contribution < 1.29 is 31.1 Å². The second-order valence-electron chi connectivity index (χ2n) is 5.20. The lowest BCUT2D eigenvalue weighted by Crippen LogP contribution is -3.00. The number of hydrogen-bond acceptors (Lipinski definition) is 5. The number of thiazole rings is 1. The van der Waals surface area contributed by atoms with E-state index >= 15 is 0 Å². The maximum Gasteiger partial charge on any atom is 0.192 e. The summed E-state index contributed by atoms with van der Waals surface area (Å²) in [7, 11) is 0. The first-order chi connectivity index (χ1) is 11.2. The molecule has 24 heavy (non-hydrogen) atoms. The normalized spacial score (nSPS) is 10.2. The third-order valence-electron chi connectivity index (χ3n) is 3.35. The highest BCUT2D eigenvalue weighted by Gasteiger charge is 2.07. The van der Waals surface area contributed by atoms with E-state index in [1.54, 1.807) is 11.3 Å². The van der Waals surface area contributed by atoms with Crippen LogP contribution in [0.4, 0.5) is 0 Å². The number of nitrogens with zero attached hydrogens (tertiary/aromatic N) is 2. The Labute approximate surface area is 162 Å². The largest absolute Gasteiger partial charge is 1.00 e. The summed E-state index contributed by atoms with van der Waals surface area (Å²) in [6.45, 7) is 5.60. The van der Waals surface area contributed by atoms with E-state index in [4.69, 9.17) is 4.74 Å². The Kier molecular flexibility index (Phi) is 10.2. The van der Waals surface area contributed by atoms with Gasteiger partial charge in [0, 0.05) is 29.2 Å². The molecule has 0 spiro atoms. The molecule has 0 aliphatic carbocycles. The Balaban J connectivity index is 0.00000288. The van der Waals surface area contributed by atoms with Gasteiger partial charge in [0.25, 0.3) is 0 Å². The number of aromatic nitrogens is 2. The van der Waals surface area contributed by atoms with Crippen molar-refractivity contribution in [2.24, 2.45) is 0 Å². The van der Waals surface area contributed by atoms with Crippen LogP contribution in [-0.4, -0.2) is 22.5 Å². The Bertz CT molecular complexity index is 617. The van der Waals surface area contributed by atoms with Gasteiger partial charge in [-0.2, -0.15) is 0 Å². The molecule has 0 saturated heterocycles. The predicted octanol–water partition coefficient (Wildman–Crippen LogP) is 0.424. The Hall–Kier alpha value is -0.920. The van der Waals surface area contributed by atoms with Crippen molar-refractivity contribution in [3.63, 3.8) is 0 Å². The van der Waals surface area contributed by atoms with Crippen molar-refractivity contribution in [2.75, 3.05) is 12.4 Å². The van der Waals surface area contributed by atoms with Gasteiger partial charge in [0.1, 0.15) is 12.3 Å². The summed E-state index contributed by atoms with van der Waals surface area (Å²) in [4.78, 5) is 17.3. The van der Waals surface area contributed by atoms with Gasteiger partial charge in [-0.15, -0.1) is 11.3 Å². The molecule has 0 atom stereocenters. The minimum atomic E-state index is 0. The Morgan fingerprint density at radius 1 is 1.38 bits per heavy atom. The molecule has 0 aliphatic rings. The molecule has 0 bridgehead atoms. The number of pyridine rings is 1. The second-order valence-corrected chi connectivity index (χ2v) is 7.29. The van der Waals surface area contributed by atoms with E-state index in [1.165, 1.54) is 16.6 Å². The number of hydrogen-bond donors (Lipinski definition) is 0. The maximum atomic E-state index is 11.9. The average Bonchev–Trinajstić information content (AvgIpc) is 2.95. The third kappa shape index (κ3) is 7.32. The standard InChI is InChI=1S/C17H23N2O2S2.BrH/c1-3-8-19-9-4-15(5-10-19)21-11-6-17(20)22-12-7-16-14(2)18-13-23-16;/h4-5,9-10,13H,3,6-8,11-12H2,1-2H3;1H/q+1;/p-1. The highest BCUT2D eigenvalue weighted by atomic mass is 79.9. The van der Waals surface area contributed by atoms with E-state index in [2.05, 4.69) is 16.5 Å². The fourth-order valence-corrected chi connectivity index (χ4v) is 3.77. The minimum absolute atomic E-state index is 0. The molecule has 0 aromatic carbocycles. The number of aryl methyl sites for hydroxylation is 3. The number of halogens is 1. The molecule has 2 rings (SSSR count). The minimum Gasteiger partial charge on any atom is -1.00 e. The zero-order valence-electron chi connectivity index (χ0n) is 14.0. The number of thioether (sulfide) groups is 1. The van der Waals surface area contributed by atoms with Crippen LogP contribution in [0.5, 0.6) is 5.75 Å². The van der Waals surface area contributed by atoms with Gasteiger partial charge in [0.05, 0.1) is 24.2 Å². The van der Waals surface area contributed by atoms with Crippen LogP contribution < -0.4 is 26.3 Å². The molecule has 2 aromatic heterocycles. The molecule has 132 valence electrons. The van der Waals surface area contributed by atoms with Crippen LogP contribution in [0, 0.1) is 6.92 Å². The molecular formula is C17H23BrN2O2S2. The van der Waals surface area contributed by atoms with E-state index in [0.29, 0.717) is 13.0 Å². The molecule has 2 heterocycles. The lowest BCUT2D eigenvalue weighted by atomic mass is 10.3. The zero-order valence-corrected chi connectivity index (χ0v) is 17.3. The molecule has 0 aliphatic heterocycles. The molecule has 7 heteroatoms. The van der Waals surface area contributed by atoms with Gasteiger partial charge in [0.2, 0.25) is 0 Å². The molecule has 4 nitrogen and oxygen atoms in total. The first-order valence-electron chi connectivity index (χ1n) is 7.85. The van der Waals surface area contributed by atoms with Gasteiger partial charge in [0.15, 0.2) is 17.5 Å². The van der Waals surface area contributed by atoms with Gasteiger partial charge >= 0.3 is 0 Å². The molecule has 0 radical (unpaired) electrons. The first kappa shape index (κ1) is 21.1. The molecule has 0 saturated carbocycles. The summed E-state index contributed by atoms with van der Waals surface area (Å²) in [6, 6.07) is 3.89. The van der Waals surface area contributed by atoms with Crippen LogP contribution in [0.25, 0.3) is 0 Å². The van der Waals surface area contributed by atoms with Crippen molar-refractivity contribution >= 4 is 28.2 Å². The van der Waals surface area contributed by atoms with E-state index < -0.39 is 0 Å². The number of ether oxygens (including phenoxy) is 1. The van der Waals surface area contributed by atoms with E-state index in [9.17, 15) is 4.79 Å². The molecular weight excluding hydrogens is 408 g/mol. The van der Waals surface area contributed by atoms with E-state index in [1.807, 2.05) is 37.0 Å². The van der Waals surface area contributed by atoms with Crippen LogP contribution in [0.2, 0.25) is 0 Å². The molecule has 0 unspecified atom stereocenters. The maximum absolute atomic E-state index is 11.9. The smallest absolute Gasteiger partial charge is 0.192 e. The summed E-state index contributed by atoms with van der Waals surface area (Å²) < 4.78 is 7.75. The Morgan fingerprint density at radius 3 is 2.75 bits per heavy atom. The molecule has 0 fully saturated rings. The van der Waals surface area contributed by atoms with Gasteiger partial charge in [-0.3, -0.25) is 4.79 Å². The first-order valence-corrected chi connectivity index (χ1v) is 9.72. The van der Waals surface area contributed by atoms with Crippen molar-refractivity contribution in [3.05, 3.63) is 40.6 Å². The summed E-state index contributed by atoms with van der Waals surface area (Å²) in [5, 5.41) is 0.184. The van der Waals surface area contributed by atoms with Crippen molar-refractivity contribution in [2.45, 2.75) is 39.7 Å². The van der Waals surface area contributed by atoms with Crippen molar-refractivity contribution in [1.29, 1.82) is 0 Å². The van der Waals surface area contributed by atoms with E-state index in [-0.39, 0.29) is 22.1 Å². The van der Waals surface area contributed by atoms with Crippen molar-refractivity contribution in [3.8, 4) is 5.75 Å². The van der Waals surface area contributed by atoms with Gasteiger partial charge < -0.3 is 21.7 Å². The Morgan fingerprint density at radius 2 is 2.12 bits per heavy atom. The summed E-state index contributed by atoms with van der Waals surface area (Å²) in [5.41, 5.74) is 2.94. The van der Waals surface area contributed by atoms with Crippen LogP contribution in [0.3, 0.4) is 0 Å². The number of carbonyl (C=O) groups excluding carboxylic acids is 1. The van der Waals surface area contributed by atoms with Gasteiger partial charge in [-0.05, 0) is 13.3 Å². The van der Waals surface area contributed by atoms with Crippen LogP contribution >= 0.6 is 23.1 Å². The summed E-state index contributed by atoms with van der Waals surface area (Å²) in [5.74, 6) is 1.62. The fourth-order valence-electron chi connectivity index (χ4n) is 2.10. The SMILES string of the molecule is CCC[n+]1ccc(OCCC(=O)SCCc2scnc2C)cc1.[Br-]. The number of rotatable bonds is 9. The molecule has 0 N–H and O–H groups in total. The molecule has 2 aromatic rings. The van der Waals surface area contributed by atoms with Crippen LogP contribution in [-0.2, 0) is 17.8 Å². The third-order valence-corrected chi connectivity index (χ3v) is 5.28. The van der Waals surface area contributed by atoms with Gasteiger partial charge in [-0.1, -0.05) is 18.7 Å². The highest BCUT2D eigenvalue weighted by Crippen LogP contribution is 2.16. The monoisotopic (exact) mass is 430 g/mol. The number of carbonyl (C=O) groups is 1. The summed E-state index contributed by atoms with van der Waals surface area (Å²) in [6.07, 6.45) is 6.47. The van der Waals surface area contributed by atoms with Crippen molar-refractivity contribution in [1.82, 2.24) is 4.98 Å². The quantitative estimate of drug-likeness (QED) is 0.540. The summed E-state index contributed by atoms with van der Waals surface area (Å²) >= 11 is 3.04. The van der Waals surface area contributed by atoms with E-state index in [0.717, 1.165) is 36.6 Å². The lowest BCUT2D eigenvalue weighted by molar-refractivity contribution is -0.697. The lowest BCUT2D eigenvalue weighted by Gasteiger charge is -2.05. The van der Waals surface area contributed by atoms with Crippen LogP contribution in [0.15, 0.2) is 30.0 Å². The zero-order chi connectivity index (χ0) is 16.5. The van der Waals surface area contributed by atoms with Crippen LogP contribution in [0.1, 0.15) is 30.3 Å². The second kappa shape index (κ2) is 11.6. The average molecular weight is 431 g/mol. The van der Waals surface area contributed by atoms with Gasteiger partial charge in [-0.25, -0.2) is 9.55 Å². The topological polar surface area (TPSA) is 43.1 Å².